The third-order valence-electron chi connectivity index (χ3n) is 8.72. The highest BCUT2D eigenvalue weighted by atomic mass is 16.2. The van der Waals surface area contributed by atoms with Gasteiger partial charge in [-0.25, -0.2) is 14.6 Å². The van der Waals surface area contributed by atoms with E-state index in [1.165, 1.54) is 0 Å². The molecule has 3 amide bonds. The Morgan fingerprint density at radius 1 is 0.930 bits per heavy atom. The Bertz CT molecular complexity index is 1440. The number of hydrogen-bond acceptors (Lipinski definition) is 6. The highest BCUT2D eigenvalue weighted by Crippen LogP contribution is 2.32. The number of hydrogen-bond donors (Lipinski definition) is 2. The van der Waals surface area contributed by atoms with Crippen molar-refractivity contribution in [1.82, 2.24) is 29.6 Å². The Hall–Kier alpha value is -3.63. The van der Waals surface area contributed by atoms with Crippen molar-refractivity contribution in [3.05, 3.63) is 48.8 Å². The molecule has 10 nitrogen and oxygen atoms in total. The standard InChI is InChI=1S/C33H48N8O2/c1-32(2,3)12-15-40(25-8-9-28-24(20-25)11-14-41(28)30(42)34-7)26-10-13-35-29(21-26)36-31(43)38-22-27(23-38)37-16-18-39(19-17-37)33(4,5)6/h8-11,13-14,20-21,27H,12,15-19,22-23H2,1-7H3,(H,34,42)(H,35,36,43). The molecule has 0 unspecified atom stereocenters. The van der Waals surface area contributed by atoms with Gasteiger partial charge in [0.15, 0.2) is 0 Å². The van der Waals surface area contributed by atoms with Crippen LogP contribution in [0.25, 0.3) is 10.9 Å². The van der Waals surface area contributed by atoms with Crippen LogP contribution in [0.3, 0.4) is 0 Å². The van der Waals surface area contributed by atoms with E-state index >= 15 is 0 Å². The first kappa shape index (κ1) is 30.8. The summed E-state index contributed by atoms with van der Waals surface area (Å²) in [4.78, 5) is 39.1. The Labute approximate surface area is 256 Å². The van der Waals surface area contributed by atoms with Gasteiger partial charge in [0, 0.05) is 99.7 Å². The first-order chi connectivity index (χ1) is 20.3. The topological polar surface area (TPSA) is 89.0 Å². The lowest BCUT2D eigenvalue weighted by Gasteiger charge is -2.49. The highest BCUT2D eigenvalue weighted by molar-refractivity contribution is 5.94. The summed E-state index contributed by atoms with van der Waals surface area (Å²) in [7, 11) is 1.63. The molecule has 5 rings (SSSR count). The number of likely N-dealkylation sites (tertiary alicyclic amines) is 1. The first-order valence-electron chi connectivity index (χ1n) is 15.4. The van der Waals surface area contributed by atoms with E-state index in [0.717, 1.165) is 74.5 Å². The average molecular weight is 589 g/mol. The molecule has 2 N–H and O–H groups in total. The van der Waals surface area contributed by atoms with Gasteiger partial charge in [-0.1, -0.05) is 20.8 Å². The summed E-state index contributed by atoms with van der Waals surface area (Å²) in [5, 5.41) is 6.71. The molecule has 2 saturated heterocycles. The molecule has 43 heavy (non-hydrogen) atoms. The smallest absolute Gasteiger partial charge is 0.325 e. The molecule has 10 heteroatoms. The number of carbonyl (C=O) groups excluding carboxylic acids is 2. The maximum Gasteiger partial charge on any atom is 0.325 e. The van der Waals surface area contributed by atoms with Crippen molar-refractivity contribution in [1.29, 1.82) is 0 Å². The normalized spacial score (nSPS) is 17.1. The second kappa shape index (κ2) is 12.2. The van der Waals surface area contributed by atoms with Crippen molar-refractivity contribution in [3.63, 3.8) is 0 Å². The zero-order valence-electron chi connectivity index (χ0n) is 26.9. The molecule has 4 heterocycles. The van der Waals surface area contributed by atoms with Crippen LogP contribution >= 0.6 is 0 Å². The maximum atomic E-state index is 13.1. The Balaban J connectivity index is 1.26. The maximum absolute atomic E-state index is 13.1. The van der Waals surface area contributed by atoms with E-state index in [2.05, 4.69) is 77.9 Å². The number of pyridine rings is 1. The third-order valence-corrected chi connectivity index (χ3v) is 8.72. The molecule has 2 aliphatic heterocycles. The Morgan fingerprint density at radius 2 is 1.63 bits per heavy atom. The van der Waals surface area contributed by atoms with Crippen LogP contribution in [-0.2, 0) is 0 Å². The lowest BCUT2D eigenvalue weighted by atomic mass is 9.92. The summed E-state index contributed by atoms with van der Waals surface area (Å²) in [5.41, 5.74) is 3.17. The fraction of sp³-hybridized carbons (Fsp3) is 0.545. The Kier molecular flexibility index (Phi) is 8.72. The monoisotopic (exact) mass is 588 g/mol. The molecule has 0 spiro atoms. The largest absolute Gasteiger partial charge is 0.341 e. The van der Waals surface area contributed by atoms with E-state index in [1.54, 1.807) is 24.0 Å². The molecular weight excluding hydrogens is 540 g/mol. The van der Waals surface area contributed by atoms with Gasteiger partial charge in [-0.15, -0.1) is 0 Å². The van der Waals surface area contributed by atoms with Crippen LogP contribution in [0.15, 0.2) is 48.8 Å². The number of benzene rings is 1. The van der Waals surface area contributed by atoms with E-state index in [0.29, 0.717) is 11.9 Å². The van der Waals surface area contributed by atoms with Gasteiger partial charge in [-0.2, -0.15) is 0 Å². The number of fused-ring (bicyclic) bond motifs is 1. The van der Waals surface area contributed by atoms with Crippen molar-refractivity contribution in [2.75, 3.05) is 63.1 Å². The summed E-state index contributed by atoms with van der Waals surface area (Å²) < 4.78 is 1.62. The quantitative estimate of drug-likeness (QED) is 0.399. The van der Waals surface area contributed by atoms with Crippen LogP contribution in [0.2, 0.25) is 0 Å². The molecule has 0 atom stereocenters. The summed E-state index contributed by atoms with van der Waals surface area (Å²) in [5.74, 6) is 0.539. The molecule has 2 aromatic heterocycles. The van der Waals surface area contributed by atoms with Crippen LogP contribution in [0.1, 0.15) is 48.0 Å². The number of piperazine rings is 1. The second-order valence-electron chi connectivity index (χ2n) is 14.0. The molecule has 3 aromatic rings. The number of aromatic nitrogens is 2. The third kappa shape index (κ3) is 7.13. The molecule has 1 aromatic carbocycles. The van der Waals surface area contributed by atoms with Gasteiger partial charge in [0.2, 0.25) is 0 Å². The lowest BCUT2D eigenvalue weighted by molar-refractivity contribution is 0.00149. The summed E-state index contributed by atoms with van der Waals surface area (Å²) in [6.07, 6.45) is 4.51. The molecule has 0 bridgehead atoms. The summed E-state index contributed by atoms with van der Waals surface area (Å²) in [6, 6.07) is 12.2. The number of anilines is 3. The van der Waals surface area contributed by atoms with Crippen molar-refractivity contribution in [2.24, 2.45) is 5.41 Å². The van der Waals surface area contributed by atoms with E-state index in [-0.39, 0.29) is 23.0 Å². The minimum atomic E-state index is -0.168. The molecule has 0 aliphatic carbocycles. The molecular formula is C33H48N8O2. The van der Waals surface area contributed by atoms with Gasteiger partial charge in [0.25, 0.3) is 0 Å². The number of urea groups is 1. The SMILES string of the molecule is CNC(=O)n1ccc2cc(N(CCC(C)(C)C)c3ccnc(NC(=O)N4CC(N5CCN(C(C)(C)C)CC5)C4)c3)ccc21. The van der Waals surface area contributed by atoms with Gasteiger partial charge in [0.05, 0.1) is 5.52 Å². The van der Waals surface area contributed by atoms with Gasteiger partial charge >= 0.3 is 12.1 Å². The fourth-order valence-corrected chi connectivity index (χ4v) is 5.90. The number of nitrogens with zero attached hydrogens (tertiary/aromatic N) is 6. The minimum Gasteiger partial charge on any atom is -0.341 e. The van der Waals surface area contributed by atoms with Gasteiger partial charge in [-0.3, -0.25) is 19.7 Å². The van der Waals surface area contributed by atoms with Crippen LogP contribution in [-0.4, -0.2) is 101 Å². The predicted molar refractivity (Wildman–Crippen MR) is 174 cm³/mol. The zero-order chi connectivity index (χ0) is 30.9. The van der Waals surface area contributed by atoms with Gasteiger partial charge in [-0.05, 0) is 62.9 Å². The van der Waals surface area contributed by atoms with Crippen molar-refractivity contribution < 1.29 is 9.59 Å². The van der Waals surface area contributed by atoms with E-state index < -0.39 is 0 Å². The van der Waals surface area contributed by atoms with Gasteiger partial charge in [0.1, 0.15) is 5.82 Å². The van der Waals surface area contributed by atoms with Gasteiger partial charge < -0.3 is 15.1 Å². The molecule has 232 valence electrons. The lowest BCUT2D eigenvalue weighted by Crippen LogP contribution is -2.65. The van der Waals surface area contributed by atoms with E-state index in [1.807, 2.05) is 35.2 Å². The molecule has 2 aliphatic rings. The van der Waals surface area contributed by atoms with Crippen molar-refractivity contribution >= 4 is 40.2 Å². The highest BCUT2D eigenvalue weighted by Gasteiger charge is 2.37. The predicted octanol–water partition coefficient (Wildman–Crippen LogP) is 5.43. The van der Waals surface area contributed by atoms with E-state index in [9.17, 15) is 9.59 Å². The van der Waals surface area contributed by atoms with Crippen molar-refractivity contribution in [3.8, 4) is 0 Å². The number of amides is 3. The summed E-state index contributed by atoms with van der Waals surface area (Å²) >= 11 is 0. The second-order valence-corrected chi connectivity index (χ2v) is 14.0. The fourth-order valence-electron chi connectivity index (χ4n) is 5.90. The average Bonchev–Trinajstić information content (AvgIpc) is 3.35. The van der Waals surface area contributed by atoms with Crippen LogP contribution in [0.4, 0.5) is 26.8 Å². The molecule has 0 radical (unpaired) electrons. The number of carbonyl (C=O) groups is 2. The van der Waals surface area contributed by atoms with Crippen LogP contribution in [0.5, 0.6) is 0 Å². The van der Waals surface area contributed by atoms with Crippen molar-refractivity contribution in [2.45, 2.75) is 59.5 Å². The minimum absolute atomic E-state index is 0.104. The number of rotatable bonds is 6. The number of nitrogens with one attached hydrogen (secondary N) is 2. The first-order valence-corrected chi connectivity index (χ1v) is 15.4. The van der Waals surface area contributed by atoms with Crippen LogP contribution in [0, 0.1) is 5.41 Å². The summed E-state index contributed by atoms with van der Waals surface area (Å²) in [6.45, 7) is 20.1. The molecule has 0 saturated carbocycles. The van der Waals surface area contributed by atoms with Crippen LogP contribution < -0.4 is 15.5 Å². The zero-order valence-corrected chi connectivity index (χ0v) is 26.9. The molecule has 2 fully saturated rings. The Morgan fingerprint density at radius 3 is 2.28 bits per heavy atom. The van der Waals surface area contributed by atoms with E-state index in [4.69, 9.17) is 0 Å².